The third-order valence-corrected chi connectivity index (χ3v) is 7.69. The molecule has 1 heterocycles. The van der Waals surface area contributed by atoms with Crippen LogP contribution in [0.2, 0.25) is 0 Å². The maximum absolute atomic E-state index is 12.5. The normalized spacial score (nSPS) is 13.6. The number of unbranched alkanes of at least 4 members (excludes halogenated alkanes) is 14. The highest BCUT2D eigenvalue weighted by molar-refractivity contribution is 7.86. The number of rotatable bonds is 20. The van der Waals surface area contributed by atoms with Crippen molar-refractivity contribution < 1.29 is 27.3 Å². The fourth-order valence-corrected chi connectivity index (χ4v) is 5.34. The number of benzene rings is 1. The number of nitrogens with zero attached hydrogens (tertiary/aromatic N) is 2. The quantitative estimate of drug-likeness (QED) is 0.133. The molecule has 220 valence electrons. The van der Waals surface area contributed by atoms with Crippen molar-refractivity contribution in [1.29, 1.82) is 0 Å². The van der Waals surface area contributed by atoms with Crippen LogP contribution in [0.5, 0.6) is 5.75 Å². The van der Waals surface area contributed by atoms with Crippen molar-refractivity contribution in [1.82, 2.24) is 5.32 Å². The van der Waals surface area contributed by atoms with Gasteiger partial charge in [0.2, 0.25) is 5.91 Å². The van der Waals surface area contributed by atoms with Gasteiger partial charge >= 0.3 is 0 Å². The third kappa shape index (κ3) is 12.5. The van der Waals surface area contributed by atoms with Gasteiger partial charge in [0.05, 0.1) is 18.7 Å². The van der Waals surface area contributed by atoms with Gasteiger partial charge in [0.15, 0.2) is 0 Å². The predicted molar refractivity (Wildman–Crippen MR) is 155 cm³/mol. The Morgan fingerprint density at radius 3 is 1.97 bits per heavy atom. The summed E-state index contributed by atoms with van der Waals surface area (Å²) in [6.45, 7) is 4.14. The summed E-state index contributed by atoms with van der Waals surface area (Å²) in [6, 6.07) is 3.96. The Morgan fingerprint density at radius 2 is 1.46 bits per heavy atom. The lowest BCUT2D eigenvalue weighted by molar-refractivity contribution is -0.119. The summed E-state index contributed by atoms with van der Waals surface area (Å²) in [7, 11) is -4.57. The number of hydrogen-bond acceptors (Lipinski definition) is 6. The zero-order chi connectivity index (χ0) is 28.5. The summed E-state index contributed by atoms with van der Waals surface area (Å²) in [5.41, 5.74) is 0.155. The number of hydrazone groups is 1. The van der Waals surface area contributed by atoms with Crippen LogP contribution in [0, 0.1) is 0 Å². The smallest absolute Gasteiger partial charge is 0.298 e. The van der Waals surface area contributed by atoms with E-state index >= 15 is 0 Å². The van der Waals surface area contributed by atoms with E-state index in [1.807, 2.05) is 0 Å². The van der Waals surface area contributed by atoms with Crippen LogP contribution in [0.15, 0.2) is 28.2 Å². The summed E-state index contributed by atoms with van der Waals surface area (Å²) in [4.78, 5) is 24.3. The Labute approximate surface area is 234 Å². The first-order valence-corrected chi connectivity index (χ1v) is 16.1. The van der Waals surface area contributed by atoms with Crippen LogP contribution >= 0.6 is 0 Å². The Bertz CT molecular complexity index is 1040. The van der Waals surface area contributed by atoms with Crippen molar-refractivity contribution in [3.8, 4) is 5.75 Å². The summed E-state index contributed by atoms with van der Waals surface area (Å²) in [6.07, 6.45) is 19.1. The fourth-order valence-electron chi connectivity index (χ4n) is 4.69. The summed E-state index contributed by atoms with van der Waals surface area (Å²) in [5, 5.41) is 7.86. The fraction of sp³-hybridized carbons (Fsp3) is 0.690. The molecule has 1 aliphatic rings. The first kappa shape index (κ1) is 32.8. The Hall–Kier alpha value is -2.46. The molecule has 2 N–H and O–H groups in total. The van der Waals surface area contributed by atoms with Gasteiger partial charge in [-0.15, -0.1) is 0 Å². The van der Waals surface area contributed by atoms with Gasteiger partial charge in [-0.2, -0.15) is 18.5 Å². The maximum atomic E-state index is 12.5. The zero-order valence-corrected chi connectivity index (χ0v) is 24.6. The molecule has 39 heavy (non-hydrogen) atoms. The molecule has 2 amide bonds. The van der Waals surface area contributed by atoms with Gasteiger partial charge in [0.25, 0.3) is 16.0 Å². The van der Waals surface area contributed by atoms with E-state index in [0.717, 1.165) is 30.3 Å². The van der Waals surface area contributed by atoms with Gasteiger partial charge in [0, 0.05) is 6.42 Å². The molecule has 0 saturated heterocycles. The summed E-state index contributed by atoms with van der Waals surface area (Å²) >= 11 is 0. The largest absolute Gasteiger partial charge is 0.492 e. The van der Waals surface area contributed by atoms with Gasteiger partial charge < -0.3 is 10.1 Å². The first-order valence-electron chi connectivity index (χ1n) is 14.7. The second-order valence-electron chi connectivity index (χ2n) is 10.2. The van der Waals surface area contributed by atoms with Crippen molar-refractivity contribution in [3.63, 3.8) is 0 Å². The molecule has 1 aliphatic heterocycles. The lowest BCUT2D eigenvalue weighted by atomic mass is 10.0. The van der Waals surface area contributed by atoms with Crippen molar-refractivity contribution in [3.05, 3.63) is 18.2 Å². The SMILES string of the molecule is CCCCCCCCCCCCCCCCCC(=O)NC1=NN(c2ccc(OCC)c(S(=O)(=O)O)c2)C(=O)C1. The number of carbonyl (C=O) groups is 2. The Kier molecular flexibility index (Phi) is 15.1. The van der Waals surface area contributed by atoms with Crippen molar-refractivity contribution in [2.45, 2.75) is 128 Å². The van der Waals surface area contributed by atoms with E-state index < -0.39 is 20.9 Å². The number of amidine groups is 1. The van der Waals surface area contributed by atoms with Crippen LogP contribution < -0.4 is 15.1 Å². The van der Waals surface area contributed by atoms with Gasteiger partial charge in [-0.05, 0) is 31.5 Å². The molecule has 0 spiro atoms. The van der Waals surface area contributed by atoms with Crippen molar-refractivity contribution in [2.24, 2.45) is 5.10 Å². The average Bonchev–Trinajstić information content (AvgIpc) is 3.25. The molecule has 10 heteroatoms. The van der Waals surface area contributed by atoms with Crippen LogP contribution in [0.1, 0.15) is 123 Å². The third-order valence-electron chi connectivity index (χ3n) is 6.82. The van der Waals surface area contributed by atoms with Crippen LogP contribution in [-0.2, 0) is 19.7 Å². The molecule has 1 aromatic carbocycles. The molecule has 0 bridgehead atoms. The van der Waals surface area contributed by atoms with Crippen molar-refractivity contribution >= 4 is 33.5 Å². The van der Waals surface area contributed by atoms with Gasteiger partial charge in [-0.3, -0.25) is 14.1 Å². The standard InChI is InChI=1S/C29H47N3O6S/c1-3-5-6-7-8-9-10-11-12-13-14-15-16-17-18-19-28(33)30-27-23-29(34)32(31-27)24-20-21-25(38-4-2)26(22-24)39(35,36)37/h20-22H,3-19,23H2,1-2H3,(H,30,31,33)(H,35,36,37). The van der Waals surface area contributed by atoms with E-state index in [4.69, 9.17) is 4.74 Å². The van der Waals surface area contributed by atoms with E-state index in [9.17, 15) is 22.6 Å². The van der Waals surface area contributed by atoms with Gasteiger partial charge in [0.1, 0.15) is 16.5 Å². The predicted octanol–water partition coefficient (Wildman–Crippen LogP) is 6.76. The minimum absolute atomic E-state index is 0.0172. The lowest BCUT2D eigenvalue weighted by Crippen LogP contribution is -2.29. The van der Waals surface area contributed by atoms with E-state index in [2.05, 4.69) is 17.3 Å². The first-order chi connectivity index (χ1) is 18.8. The molecule has 0 radical (unpaired) electrons. The molecule has 9 nitrogen and oxygen atoms in total. The topological polar surface area (TPSA) is 125 Å². The molecule has 0 aliphatic carbocycles. The van der Waals surface area contributed by atoms with E-state index in [-0.39, 0.29) is 36.2 Å². The Balaban J connectivity index is 1.63. The number of hydrogen-bond donors (Lipinski definition) is 2. The summed E-state index contributed by atoms with van der Waals surface area (Å²) in [5.74, 6) is -0.407. The number of nitrogens with one attached hydrogen (secondary N) is 1. The average molecular weight is 566 g/mol. The molecular formula is C29H47N3O6S. The minimum Gasteiger partial charge on any atom is -0.492 e. The van der Waals surface area contributed by atoms with Crippen molar-refractivity contribution in [2.75, 3.05) is 11.6 Å². The van der Waals surface area contributed by atoms with E-state index in [0.29, 0.717) is 6.42 Å². The highest BCUT2D eigenvalue weighted by Gasteiger charge is 2.28. The second kappa shape index (κ2) is 18.0. The van der Waals surface area contributed by atoms with Gasteiger partial charge in [-0.1, -0.05) is 96.8 Å². The highest BCUT2D eigenvalue weighted by Crippen LogP contribution is 2.30. The lowest BCUT2D eigenvalue weighted by Gasteiger charge is -2.14. The zero-order valence-electron chi connectivity index (χ0n) is 23.8. The van der Waals surface area contributed by atoms with E-state index in [1.165, 1.54) is 89.2 Å². The van der Waals surface area contributed by atoms with Crippen LogP contribution in [0.3, 0.4) is 0 Å². The highest BCUT2D eigenvalue weighted by atomic mass is 32.2. The van der Waals surface area contributed by atoms with Gasteiger partial charge in [-0.25, -0.2) is 0 Å². The minimum atomic E-state index is -4.57. The molecule has 0 atom stereocenters. The molecule has 0 aromatic heterocycles. The number of carbonyl (C=O) groups excluding carboxylic acids is 2. The molecule has 0 unspecified atom stereocenters. The molecular weight excluding hydrogens is 518 g/mol. The van der Waals surface area contributed by atoms with Crippen LogP contribution in [0.4, 0.5) is 5.69 Å². The maximum Gasteiger partial charge on any atom is 0.298 e. The van der Waals surface area contributed by atoms with Crippen LogP contribution in [-0.4, -0.2) is 37.2 Å². The molecule has 1 aromatic rings. The molecule has 0 fully saturated rings. The van der Waals surface area contributed by atoms with E-state index in [1.54, 1.807) is 6.92 Å². The molecule has 2 rings (SSSR count). The molecule has 0 saturated carbocycles. The number of anilines is 1. The Morgan fingerprint density at radius 1 is 0.923 bits per heavy atom. The summed E-state index contributed by atoms with van der Waals surface area (Å²) < 4.78 is 38.3. The second-order valence-corrected chi connectivity index (χ2v) is 11.6. The monoisotopic (exact) mass is 565 g/mol. The number of amides is 2. The number of ether oxygens (including phenoxy) is 1. The van der Waals surface area contributed by atoms with Crippen LogP contribution in [0.25, 0.3) is 0 Å².